The van der Waals surface area contributed by atoms with Crippen LogP contribution in [0.1, 0.15) is 39.2 Å². The third-order valence-corrected chi connectivity index (χ3v) is 3.57. The minimum Gasteiger partial charge on any atom is -0.374 e. The van der Waals surface area contributed by atoms with Crippen LogP contribution >= 0.6 is 15.9 Å². The van der Waals surface area contributed by atoms with Crippen molar-refractivity contribution < 1.29 is 4.79 Å². The molecule has 1 aromatic carbocycles. The summed E-state index contributed by atoms with van der Waals surface area (Å²) in [6, 6.07) is 6.00. The van der Waals surface area contributed by atoms with E-state index in [0.29, 0.717) is 0 Å². The number of amides is 1. The maximum Gasteiger partial charge on any atom is 0.242 e. The Balaban J connectivity index is 2.61. The first-order chi connectivity index (χ1) is 8.93. The Kier molecular flexibility index (Phi) is 6.35. The summed E-state index contributed by atoms with van der Waals surface area (Å²) in [6.45, 7) is 8.07. The Bertz CT molecular complexity index is 434. The van der Waals surface area contributed by atoms with E-state index in [4.69, 9.17) is 0 Å². The topological polar surface area (TPSA) is 41.1 Å². The van der Waals surface area contributed by atoms with Gasteiger partial charge in [-0.05, 0) is 44.9 Å². The van der Waals surface area contributed by atoms with Gasteiger partial charge >= 0.3 is 0 Å². The third kappa shape index (κ3) is 5.23. The smallest absolute Gasteiger partial charge is 0.242 e. The number of hydrogen-bond donors (Lipinski definition) is 2. The Morgan fingerprint density at radius 2 is 2.05 bits per heavy atom. The van der Waals surface area contributed by atoms with Crippen molar-refractivity contribution >= 4 is 27.5 Å². The van der Waals surface area contributed by atoms with Crippen LogP contribution in [0.3, 0.4) is 0 Å². The first-order valence-corrected chi connectivity index (χ1v) is 7.56. The van der Waals surface area contributed by atoms with Crippen molar-refractivity contribution in [3.05, 3.63) is 28.2 Å². The van der Waals surface area contributed by atoms with E-state index in [1.165, 1.54) is 0 Å². The Labute approximate surface area is 124 Å². The molecular weight excluding hydrogens is 304 g/mol. The summed E-state index contributed by atoms with van der Waals surface area (Å²) < 4.78 is 1.01. The van der Waals surface area contributed by atoms with Crippen LogP contribution < -0.4 is 10.6 Å². The lowest BCUT2D eigenvalue weighted by molar-refractivity contribution is -0.122. The van der Waals surface area contributed by atoms with Gasteiger partial charge in [-0.3, -0.25) is 4.79 Å². The number of anilines is 1. The second-order valence-corrected chi connectivity index (χ2v) is 5.94. The van der Waals surface area contributed by atoms with Crippen LogP contribution in [-0.4, -0.2) is 18.0 Å². The predicted molar refractivity (Wildman–Crippen MR) is 84.5 cm³/mol. The number of benzene rings is 1. The van der Waals surface area contributed by atoms with Gasteiger partial charge in [-0.1, -0.05) is 35.3 Å². The zero-order valence-corrected chi connectivity index (χ0v) is 13.7. The molecule has 0 radical (unpaired) electrons. The zero-order valence-electron chi connectivity index (χ0n) is 12.1. The second kappa shape index (κ2) is 7.53. The highest BCUT2D eigenvalue weighted by Gasteiger charge is 2.15. The first kappa shape index (κ1) is 16.0. The van der Waals surface area contributed by atoms with Gasteiger partial charge < -0.3 is 10.6 Å². The van der Waals surface area contributed by atoms with Gasteiger partial charge in [-0.25, -0.2) is 0 Å². The van der Waals surface area contributed by atoms with Crippen LogP contribution in [0.15, 0.2) is 22.7 Å². The summed E-state index contributed by atoms with van der Waals surface area (Å²) in [5.74, 6) is 0.0420. The molecule has 0 spiro atoms. The van der Waals surface area contributed by atoms with Gasteiger partial charge in [0.05, 0.1) is 0 Å². The van der Waals surface area contributed by atoms with Crippen molar-refractivity contribution in [2.24, 2.45) is 0 Å². The molecule has 106 valence electrons. The molecule has 0 fully saturated rings. The van der Waals surface area contributed by atoms with Crippen LogP contribution in [0, 0.1) is 6.92 Å². The highest BCUT2D eigenvalue weighted by Crippen LogP contribution is 2.21. The maximum absolute atomic E-state index is 12.0. The summed E-state index contributed by atoms with van der Waals surface area (Å²) in [5, 5.41) is 6.28. The number of halogens is 1. The molecule has 0 aliphatic carbocycles. The molecule has 0 aliphatic heterocycles. The van der Waals surface area contributed by atoms with E-state index >= 15 is 0 Å². The lowest BCUT2D eigenvalue weighted by Gasteiger charge is -2.20. The SMILES string of the molecule is CCCC(C)NC(=O)C(C)Nc1cc(Br)ccc1C. The maximum atomic E-state index is 12.0. The molecule has 1 aromatic rings. The average molecular weight is 327 g/mol. The van der Waals surface area contributed by atoms with Crippen LogP contribution in [0.2, 0.25) is 0 Å². The van der Waals surface area contributed by atoms with Crippen LogP contribution in [0.4, 0.5) is 5.69 Å². The van der Waals surface area contributed by atoms with Crippen molar-refractivity contribution in [1.82, 2.24) is 5.32 Å². The molecule has 3 nitrogen and oxygen atoms in total. The molecule has 0 aliphatic rings. The van der Waals surface area contributed by atoms with E-state index in [9.17, 15) is 4.79 Å². The van der Waals surface area contributed by atoms with E-state index in [2.05, 4.69) is 33.5 Å². The molecule has 2 N–H and O–H groups in total. The molecule has 0 bridgehead atoms. The summed E-state index contributed by atoms with van der Waals surface area (Å²) in [4.78, 5) is 12.0. The van der Waals surface area contributed by atoms with Gasteiger partial charge in [0, 0.05) is 16.2 Å². The first-order valence-electron chi connectivity index (χ1n) is 6.77. The summed E-state index contributed by atoms with van der Waals surface area (Å²) in [7, 11) is 0. The lowest BCUT2D eigenvalue weighted by Crippen LogP contribution is -2.42. The summed E-state index contributed by atoms with van der Waals surface area (Å²) in [5.41, 5.74) is 2.12. The molecule has 0 saturated heterocycles. The number of nitrogens with one attached hydrogen (secondary N) is 2. The molecule has 2 atom stereocenters. The molecule has 1 amide bonds. The van der Waals surface area contributed by atoms with Crippen LogP contribution in [0.25, 0.3) is 0 Å². The quantitative estimate of drug-likeness (QED) is 0.833. The fourth-order valence-corrected chi connectivity index (χ4v) is 2.28. The van der Waals surface area contributed by atoms with Gasteiger partial charge in [0.1, 0.15) is 6.04 Å². The number of carbonyl (C=O) groups is 1. The largest absolute Gasteiger partial charge is 0.374 e. The van der Waals surface area contributed by atoms with Crippen LogP contribution in [-0.2, 0) is 4.79 Å². The fourth-order valence-electron chi connectivity index (χ4n) is 1.92. The van der Waals surface area contributed by atoms with Crippen LogP contribution in [0.5, 0.6) is 0 Å². The van der Waals surface area contributed by atoms with Gasteiger partial charge in [0.15, 0.2) is 0 Å². The molecule has 2 unspecified atom stereocenters. The number of aryl methyl sites for hydroxylation is 1. The average Bonchev–Trinajstić information content (AvgIpc) is 2.34. The van der Waals surface area contributed by atoms with E-state index in [1.807, 2.05) is 39.0 Å². The number of rotatable bonds is 6. The predicted octanol–water partition coefficient (Wildman–Crippen LogP) is 3.86. The molecule has 1 rings (SSSR count). The van der Waals surface area contributed by atoms with E-state index in [-0.39, 0.29) is 18.0 Å². The monoisotopic (exact) mass is 326 g/mol. The minimum atomic E-state index is -0.243. The van der Waals surface area contributed by atoms with Crippen molar-refractivity contribution in [2.75, 3.05) is 5.32 Å². The van der Waals surface area contributed by atoms with Crippen molar-refractivity contribution in [3.8, 4) is 0 Å². The van der Waals surface area contributed by atoms with Crippen molar-refractivity contribution in [1.29, 1.82) is 0 Å². The lowest BCUT2D eigenvalue weighted by atomic mass is 10.1. The molecule has 0 aromatic heterocycles. The number of hydrogen-bond acceptors (Lipinski definition) is 2. The Hall–Kier alpha value is -1.03. The fraction of sp³-hybridized carbons (Fsp3) is 0.533. The van der Waals surface area contributed by atoms with Crippen molar-refractivity contribution in [3.63, 3.8) is 0 Å². The summed E-state index contributed by atoms with van der Waals surface area (Å²) in [6.07, 6.45) is 2.09. The highest BCUT2D eigenvalue weighted by atomic mass is 79.9. The Morgan fingerprint density at radius 1 is 1.37 bits per heavy atom. The highest BCUT2D eigenvalue weighted by molar-refractivity contribution is 9.10. The van der Waals surface area contributed by atoms with Gasteiger partial charge in [-0.15, -0.1) is 0 Å². The zero-order chi connectivity index (χ0) is 14.4. The minimum absolute atomic E-state index is 0.0420. The normalized spacial score (nSPS) is 13.7. The van der Waals surface area contributed by atoms with E-state index < -0.39 is 0 Å². The van der Waals surface area contributed by atoms with Crippen molar-refractivity contribution in [2.45, 2.75) is 52.6 Å². The van der Waals surface area contributed by atoms with E-state index in [0.717, 1.165) is 28.6 Å². The van der Waals surface area contributed by atoms with Gasteiger partial charge in [0.2, 0.25) is 5.91 Å². The number of carbonyl (C=O) groups excluding carboxylic acids is 1. The molecule has 4 heteroatoms. The summed E-state index contributed by atoms with van der Waals surface area (Å²) >= 11 is 3.44. The second-order valence-electron chi connectivity index (χ2n) is 5.02. The van der Waals surface area contributed by atoms with Gasteiger partial charge in [0.25, 0.3) is 0 Å². The third-order valence-electron chi connectivity index (χ3n) is 3.08. The van der Waals surface area contributed by atoms with E-state index in [1.54, 1.807) is 0 Å². The molecule has 0 heterocycles. The standard InChI is InChI=1S/C15H23BrN2O/c1-5-6-11(3)17-15(19)12(4)18-14-9-13(16)8-7-10(14)2/h7-9,11-12,18H,5-6H2,1-4H3,(H,17,19). The Morgan fingerprint density at radius 3 is 2.68 bits per heavy atom. The molecule has 19 heavy (non-hydrogen) atoms. The van der Waals surface area contributed by atoms with Gasteiger partial charge in [-0.2, -0.15) is 0 Å². The molecule has 0 saturated carbocycles. The molecular formula is C15H23BrN2O.